The SMILES string of the molecule is COc1ccc(CNc2nc3cc(CCC4=C[C@@H](n5cc(F)c6c(N)ncnc65)[C@@H]5OC(C)(C)O[C@H]45)ccc3cc2Br)cc1. The van der Waals surface area contributed by atoms with Crippen LogP contribution in [-0.2, 0) is 22.4 Å². The summed E-state index contributed by atoms with van der Waals surface area (Å²) in [6.07, 6.45) is 5.87. The fourth-order valence-corrected chi connectivity index (χ4v) is 6.65. The Morgan fingerprint density at radius 2 is 1.86 bits per heavy atom. The average Bonchev–Trinajstić information content (AvgIpc) is 3.63. The molecule has 1 saturated heterocycles. The van der Waals surface area contributed by atoms with E-state index in [1.54, 1.807) is 11.7 Å². The Hall–Kier alpha value is -4.06. The maximum Gasteiger partial charge on any atom is 0.164 e. The van der Waals surface area contributed by atoms with Crippen LogP contribution in [0, 0.1) is 5.82 Å². The van der Waals surface area contributed by atoms with Crippen LogP contribution in [0.1, 0.15) is 37.4 Å². The lowest BCUT2D eigenvalue weighted by atomic mass is 10.0. The molecule has 0 amide bonds. The summed E-state index contributed by atoms with van der Waals surface area (Å²) in [5.74, 6) is 0.503. The number of hydrogen-bond donors (Lipinski definition) is 2. The number of ether oxygens (including phenoxy) is 3. The number of aromatic nitrogens is 4. The van der Waals surface area contributed by atoms with Gasteiger partial charge in [-0.3, -0.25) is 0 Å². The molecule has 9 nitrogen and oxygen atoms in total. The van der Waals surface area contributed by atoms with Crippen LogP contribution >= 0.6 is 15.9 Å². The van der Waals surface area contributed by atoms with Gasteiger partial charge in [0.2, 0.25) is 0 Å². The van der Waals surface area contributed by atoms with E-state index in [-0.39, 0.29) is 29.5 Å². The van der Waals surface area contributed by atoms with Crippen molar-refractivity contribution < 1.29 is 18.6 Å². The summed E-state index contributed by atoms with van der Waals surface area (Å²) in [4.78, 5) is 13.2. The van der Waals surface area contributed by atoms with Crippen LogP contribution in [0.5, 0.6) is 5.75 Å². The molecule has 4 heterocycles. The number of nitrogens with one attached hydrogen (secondary N) is 1. The lowest BCUT2D eigenvalue weighted by Crippen LogP contribution is -2.28. The minimum atomic E-state index is -0.766. The van der Waals surface area contributed by atoms with E-state index in [1.807, 2.05) is 38.1 Å². The first-order chi connectivity index (χ1) is 21.2. The molecule has 2 aromatic carbocycles. The first-order valence-corrected chi connectivity index (χ1v) is 15.3. The number of nitrogen functional groups attached to an aromatic ring is 1. The van der Waals surface area contributed by atoms with Crippen molar-refractivity contribution >= 4 is 49.5 Å². The van der Waals surface area contributed by atoms with Gasteiger partial charge in [0.15, 0.2) is 11.6 Å². The van der Waals surface area contributed by atoms with E-state index >= 15 is 0 Å². The highest BCUT2D eigenvalue weighted by molar-refractivity contribution is 9.10. The number of halogens is 2. The van der Waals surface area contributed by atoms with Crippen LogP contribution in [-0.4, -0.2) is 44.6 Å². The van der Waals surface area contributed by atoms with E-state index < -0.39 is 11.6 Å². The fourth-order valence-electron chi connectivity index (χ4n) is 6.17. The van der Waals surface area contributed by atoms with E-state index in [0.717, 1.165) is 56.5 Å². The second-order valence-corrected chi connectivity index (χ2v) is 12.5. The molecular formula is C33H32BrFN6O3. The zero-order chi connectivity index (χ0) is 30.6. The summed E-state index contributed by atoms with van der Waals surface area (Å²) < 4.78 is 35.6. The summed E-state index contributed by atoms with van der Waals surface area (Å²) in [6, 6.07) is 16.1. The van der Waals surface area contributed by atoms with Crippen LogP contribution in [0.25, 0.3) is 21.9 Å². The molecule has 1 fully saturated rings. The van der Waals surface area contributed by atoms with Gasteiger partial charge in [-0.2, -0.15) is 0 Å². The molecule has 11 heteroatoms. The van der Waals surface area contributed by atoms with Crippen molar-refractivity contribution in [3.8, 4) is 5.75 Å². The van der Waals surface area contributed by atoms with Gasteiger partial charge >= 0.3 is 0 Å². The minimum Gasteiger partial charge on any atom is -0.497 e. The Balaban J connectivity index is 1.12. The van der Waals surface area contributed by atoms with E-state index in [2.05, 4.69) is 61.6 Å². The Kier molecular flexibility index (Phi) is 7.26. The molecule has 2 aliphatic rings. The Morgan fingerprint density at radius 3 is 2.66 bits per heavy atom. The van der Waals surface area contributed by atoms with Gasteiger partial charge in [0.05, 0.1) is 28.5 Å². The van der Waals surface area contributed by atoms with Crippen LogP contribution in [0.4, 0.5) is 16.0 Å². The van der Waals surface area contributed by atoms with Gasteiger partial charge in [-0.15, -0.1) is 0 Å². The molecular weight excluding hydrogens is 627 g/mol. The largest absolute Gasteiger partial charge is 0.497 e. The fraction of sp³-hybridized carbons (Fsp3) is 0.303. The number of rotatable bonds is 8. The first-order valence-electron chi connectivity index (χ1n) is 14.5. The van der Waals surface area contributed by atoms with Crippen molar-refractivity contribution in [1.29, 1.82) is 0 Å². The number of hydrogen-bond acceptors (Lipinski definition) is 8. The maximum atomic E-state index is 14.9. The van der Waals surface area contributed by atoms with Crippen molar-refractivity contribution in [2.75, 3.05) is 18.2 Å². The van der Waals surface area contributed by atoms with E-state index in [1.165, 1.54) is 12.5 Å². The zero-order valence-electron chi connectivity index (χ0n) is 24.6. The van der Waals surface area contributed by atoms with Crippen molar-refractivity contribution in [2.45, 2.75) is 57.3 Å². The smallest absolute Gasteiger partial charge is 0.164 e. The molecule has 7 rings (SSSR count). The van der Waals surface area contributed by atoms with Gasteiger partial charge in [-0.1, -0.05) is 30.3 Å². The predicted octanol–water partition coefficient (Wildman–Crippen LogP) is 6.72. The number of pyridine rings is 1. The lowest BCUT2D eigenvalue weighted by Gasteiger charge is -2.22. The molecule has 0 unspecified atom stereocenters. The second kappa shape index (κ2) is 11.1. The minimum absolute atomic E-state index is 0.116. The van der Waals surface area contributed by atoms with Crippen LogP contribution in [0.3, 0.4) is 0 Å². The Morgan fingerprint density at radius 1 is 1.07 bits per heavy atom. The zero-order valence-corrected chi connectivity index (χ0v) is 26.1. The number of anilines is 2. The molecule has 3 aromatic heterocycles. The number of benzene rings is 2. The van der Waals surface area contributed by atoms with Crippen LogP contribution < -0.4 is 15.8 Å². The molecule has 0 saturated carbocycles. The van der Waals surface area contributed by atoms with Gasteiger partial charge in [-0.25, -0.2) is 19.3 Å². The van der Waals surface area contributed by atoms with Gasteiger partial charge in [-0.05, 0) is 83.6 Å². The molecule has 0 radical (unpaired) electrons. The van der Waals surface area contributed by atoms with E-state index in [9.17, 15) is 4.39 Å². The average molecular weight is 660 g/mol. The van der Waals surface area contributed by atoms with E-state index in [0.29, 0.717) is 12.2 Å². The molecule has 1 aliphatic carbocycles. The molecule has 226 valence electrons. The molecule has 3 atom stereocenters. The van der Waals surface area contributed by atoms with Gasteiger partial charge in [0.1, 0.15) is 41.6 Å². The summed E-state index contributed by atoms with van der Waals surface area (Å²) in [5.41, 5.74) is 10.7. The number of methoxy groups -OCH3 is 1. The topological polar surface area (TPSA) is 109 Å². The monoisotopic (exact) mass is 658 g/mol. The summed E-state index contributed by atoms with van der Waals surface area (Å²) in [6.45, 7) is 4.44. The summed E-state index contributed by atoms with van der Waals surface area (Å²) in [7, 11) is 1.66. The van der Waals surface area contributed by atoms with E-state index in [4.69, 9.17) is 24.9 Å². The van der Waals surface area contributed by atoms with Crippen molar-refractivity contribution in [3.63, 3.8) is 0 Å². The van der Waals surface area contributed by atoms with Gasteiger partial charge < -0.3 is 29.8 Å². The Labute approximate surface area is 262 Å². The highest BCUT2D eigenvalue weighted by Gasteiger charge is 2.50. The molecule has 0 spiro atoms. The maximum absolute atomic E-state index is 14.9. The molecule has 44 heavy (non-hydrogen) atoms. The normalized spacial score (nSPS) is 20.7. The predicted molar refractivity (Wildman–Crippen MR) is 171 cm³/mol. The molecule has 1 aliphatic heterocycles. The molecule has 5 aromatic rings. The van der Waals surface area contributed by atoms with Crippen LogP contribution in [0.2, 0.25) is 0 Å². The van der Waals surface area contributed by atoms with Gasteiger partial charge in [0.25, 0.3) is 0 Å². The van der Waals surface area contributed by atoms with Crippen molar-refractivity contribution in [2.24, 2.45) is 0 Å². The summed E-state index contributed by atoms with van der Waals surface area (Å²) in [5, 5.41) is 4.71. The second-order valence-electron chi connectivity index (χ2n) is 11.6. The third-order valence-electron chi connectivity index (χ3n) is 8.29. The van der Waals surface area contributed by atoms with Crippen molar-refractivity contribution in [1.82, 2.24) is 19.5 Å². The Bertz CT molecular complexity index is 1910. The number of aryl methyl sites for hydroxylation is 1. The first kappa shape index (κ1) is 28.7. The number of nitrogens with two attached hydrogens (primary N) is 1. The number of nitrogens with zero attached hydrogens (tertiary/aromatic N) is 4. The van der Waals surface area contributed by atoms with Gasteiger partial charge in [0, 0.05) is 18.1 Å². The third kappa shape index (κ3) is 5.29. The molecule has 3 N–H and O–H groups in total. The molecule has 0 bridgehead atoms. The van der Waals surface area contributed by atoms with Crippen LogP contribution in [0.15, 0.2) is 77.2 Å². The number of fused-ring (bicyclic) bond motifs is 3. The highest BCUT2D eigenvalue weighted by Crippen LogP contribution is 2.45. The third-order valence-corrected chi connectivity index (χ3v) is 8.89. The standard InChI is InChI=1S/C33H32BrFN6O3/c1-33(2)43-28-21(14-26(29(28)44-33)41-16-24(35)27-30(36)38-17-39-32(27)41)9-5-18-4-8-20-13-23(34)31(40-25(20)12-18)37-15-19-6-10-22(42-3)11-7-19/h4,6-8,10-14,16-17,26,28-29H,5,9,15H2,1-3H3,(H,37,40)(H2,36,38,39)/t26-,28-,29+/m1/s1. The summed E-state index contributed by atoms with van der Waals surface area (Å²) >= 11 is 3.67. The van der Waals surface area contributed by atoms with Crippen molar-refractivity contribution in [3.05, 3.63) is 94.1 Å². The quantitative estimate of drug-likeness (QED) is 0.177. The highest BCUT2D eigenvalue weighted by atomic mass is 79.9. The lowest BCUT2D eigenvalue weighted by molar-refractivity contribution is -0.147.